The molecule has 0 unspecified atom stereocenters. The number of benzene rings is 2. The molecule has 18 heavy (non-hydrogen) atoms. The Balaban J connectivity index is 1.84. The van der Waals surface area contributed by atoms with Crippen molar-refractivity contribution in [1.82, 2.24) is 0 Å². The van der Waals surface area contributed by atoms with E-state index in [9.17, 15) is 0 Å². The highest BCUT2D eigenvalue weighted by atomic mass is 16.6. The van der Waals surface area contributed by atoms with E-state index in [1.54, 1.807) is 0 Å². The lowest BCUT2D eigenvalue weighted by Crippen LogP contribution is -2.06. The van der Waals surface area contributed by atoms with Crippen molar-refractivity contribution in [3.8, 4) is 11.5 Å². The zero-order valence-electron chi connectivity index (χ0n) is 10.4. The summed E-state index contributed by atoms with van der Waals surface area (Å²) < 4.78 is 12.1. The molecule has 2 aliphatic heterocycles. The maximum Gasteiger partial charge on any atom is 0.168 e. The average Bonchev–Trinajstić information content (AvgIpc) is 2.86. The van der Waals surface area contributed by atoms with Crippen molar-refractivity contribution in [3.05, 3.63) is 58.7 Å². The largest absolute Gasteiger partial charge is 0.481 e. The third kappa shape index (κ3) is 1.23. The van der Waals surface area contributed by atoms with E-state index in [1.807, 2.05) is 12.1 Å². The van der Waals surface area contributed by atoms with Crippen molar-refractivity contribution in [2.24, 2.45) is 0 Å². The van der Waals surface area contributed by atoms with Gasteiger partial charge in [0.1, 0.15) is 11.5 Å². The first kappa shape index (κ1) is 10.0. The van der Waals surface area contributed by atoms with Gasteiger partial charge >= 0.3 is 0 Å². The molecule has 0 amide bonds. The molecule has 0 N–H and O–H groups in total. The lowest BCUT2D eigenvalue weighted by Gasteiger charge is -2.08. The normalized spacial score (nSPS) is 22.8. The molecule has 2 aromatic rings. The Kier molecular flexibility index (Phi) is 1.83. The molecule has 0 bridgehead atoms. The molecule has 0 spiro atoms. The molecular weight excluding hydrogens is 224 g/mol. The van der Waals surface area contributed by atoms with E-state index in [4.69, 9.17) is 9.47 Å². The van der Waals surface area contributed by atoms with Gasteiger partial charge in [0.05, 0.1) is 0 Å². The standard InChI is InChI=1S/C16H14O2/c1-9-3-5-13-11(7-9)15-16(17-13)12-8-10(2)4-6-14(12)18-15/h3-8,15-16H,1-2H3/t15-,16-/m1/s1. The molecule has 0 aliphatic carbocycles. The molecule has 0 radical (unpaired) electrons. The molecule has 0 fully saturated rings. The minimum absolute atomic E-state index is 0.0247. The minimum atomic E-state index is 0.0247. The fourth-order valence-electron chi connectivity index (χ4n) is 2.85. The predicted octanol–water partition coefficient (Wildman–Crippen LogP) is 3.87. The van der Waals surface area contributed by atoms with E-state index in [0.29, 0.717) is 0 Å². The molecule has 2 heterocycles. The number of aryl methyl sites for hydroxylation is 2. The molecule has 90 valence electrons. The maximum absolute atomic E-state index is 6.04. The van der Waals surface area contributed by atoms with Gasteiger partial charge in [0.25, 0.3) is 0 Å². The molecular formula is C16H14O2. The number of rotatable bonds is 0. The zero-order valence-corrected chi connectivity index (χ0v) is 10.4. The Labute approximate surface area is 106 Å². The van der Waals surface area contributed by atoms with Crippen LogP contribution in [0.5, 0.6) is 11.5 Å². The summed E-state index contributed by atoms with van der Waals surface area (Å²) in [6.45, 7) is 4.19. The summed E-state index contributed by atoms with van der Waals surface area (Å²) in [6, 6.07) is 12.6. The summed E-state index contributed by atoms with van der Waals surface area (Å²) in [5.41, 5.74) is 4.84. The second-order valence-corrected chi connectivity index (χ2v) is 5.16. The second kappa shape index (κ2) is 3.29. The minimum Gasteiger partial charge on any atom is -0.481 e. The molecule has 2 aromatic carbocycles. The van der Waals surface area contributed by atoms with Gasteiger partial charge in [-0.05, 0) is 38.1 Å². The number of ether oxygens (including phenoxy) is 2. The topological polar surface area (TPSA) is 18.5 Å². The third-order valence-electron chi connectivity index (χ3n) is 3.73. The lowest BCUT2D eigenvalue weighted by molar-refractivity contribution is 0.123. The van der Waals surface area contributed by atoms with Crippen molar-refractivity contribution in [3.63, 3.8) is 0 Å². The fraction of sp³-hybridized carbons (Fsp3) is 0.250. The van der Waals surface area contributed by atoms with Crippen LogP contribution < -0.4 is 9.47 Å². The molecule has 0 saturated carbocycles. The summed E-state index contributed by atoms with van der Waals surface area (Å²) in [5.74, 6) is 1.92. The van der Waals surface area contributed by atoms with Gasteiger partial charge in [0.2, 0.25) is 0 Å². The van der Waals surface area contributed by atoms with Crippen molar-refractivity contribution in [2.45, 2.75) is 26.1 Å². The van der Waals surface area contributed by atoms with Gasteiger partial charge in [-0.15, -0.1) is 0 Å². The summed E-state index contributed by atoms with van der Waals surface area (Å²) in [7, 11) is 0. The third-order valence-corrected chi connectivity index (χ3v) is 3.73. The Bertz CT molecular complexity index is 588. The first-order valence-electron chi connectivity index (χ1n) is 6.27. The Morgan fingerprint density at radius 3 is 1.61 bits per heavy atom. The number of hydrogen-bond donors (Lipinski definition) is 0. The van der Waals surface area contributed by atoms with Gasteiger partial charge in [-0.25, -0.2) is 0 Å². The SMILES string of the molecule is Cc1ccc2c(c1)[C@H]1Oc3ccc(C)cc3[C@H]1O2. The summed E-state index contributed by atoms with van der Waals surface area (Å²) >= 11 is 0. The van der Waals surface area contributed by atoms with Crippen LogP contribution in [0, 0.1) is 13.8 Å². The highest BCUT2D eigenvalue weighted by molar-refractivity contribution is 5.51. The van der Waals surface area contributed by atoms with Crippen LogP contribution in [0.15, 0.2) is 36.4 Å². The van der Waals surface area contributed by atoms with E-state index in [1.165, 1.54) is 22.3 Å². The molecule has 2 nitrogen and oxygen atoms in total. The van der Waals surface area contributed by atoms with Crippen LogP contribution in [-0.4, -0.2) is 0 Å². The molecule has 0 saturated heterocycles. The Morgan fingerprint density at radius 1 is 0.722 bits per heavy atom. The van der Waals surface area contributed by atoms with Gasteiger partial charge in [-0.1, -0.05) is 23.3 Å². The van der Waals surface area contributed by atoms with Crippen LogP contribution in [0.1, 0.15) is 34.5 Å². The molecule has 2 heteroatoms. The number of hydrogen-bond acceptors (Lipinski definition) is 2. The monoisotopic (exact) mass is 238 g/mol. The van der Waals surface area contributed by atoms with Crippen molar-refractivity contribution in [2.75, 3.05) is 0 Å². The highest BCUT2D eigenvalue weighted by Crippen LogP contribution is 2.53. The maximum atomic E-state index is 6.04. The second-order valence-electron chi connectivity index (χ2n) is 5.16. The van der Waals surface area contributed by atoms with Gasteiger partial charge < -0.3 is 9.47 Å². The molecule has 0 aromatic heterocycles. The van der Waals surface area contributed by atoms with Crippen molar-refractivity contribution < 1.29 is 9.47 Å². The van der Waals surface area contributed by atoms with Crippen LogP contribution in [0.2, 0.25) is 0 Å². The highest BCUT2D eigenvalue weighted by Gasteiger charge is 2.43. The van der Waals surface area contributed by atoms with E-state index < -0.39 is 0 Å². The summed E-state index contributed by atoms with van der Waals surface area (Å²) in [6.07, 6.45) is 0.0494. The van der Waals surface area contributed by atoms with Crippen molar-refractivity contribution in [1.29, 1.82) is 0 Å². The van der Waals surface area contributed by atoms with Gasteiger partial charge in [0.15, 0.2) is 12.2 Å². The quantitative estimate of drug-likeness (QED) is 0.693. The van der Waals surface area contributed by atoms with Crippen LogP contribution in [0.3, 0.4) is 0 Å². The van der Waals surface area contributed by atoms with Crippen LogP contribution >= 0.6 is 0 Å². The number of fused-ring (bicyclic) bond motifs is 5. The lowest BCUT2D eigenvalue weighted by atomic mass is 10.0. The van der Waals surface area contributed by atoms with Crippen LogP contribution in [0.25, 0.3) is 0 Å². The van der Waals surface area contributed by atoms with Gasteiger partial charge in [0, 0.05) is 11.1 Å². The van der Waals surface area contributed by atoms with Gasteiger partial charge in [-0.2, -0.15) is 0 Å². The first-order chi connectivity index (χ1) is 8.72. The predicted molar refractivity (Wildman–Crippen MR) is 69.1 cm³/mol. The smallest absolute Gasteiger partial charge is 0.168 e. The Morgan fingerprint density at radius 2 is 1.17 bits per heavy atom. The van der Waals surface area contributed by atoms with Gasteiger partial charge in [-0.3, -0.25) is 0 Å². The fourth-order valence-corrected chi connectivity index (χ4v) is 2.85. The molecule has 2 aliphatic rings. The van der Waals surface area contributed by atoms with Crippen LogP contribution in [0.4, 0.5) is 0 Å². The van der Waals surface area contributed by atoms with E-state index in [2.05, 4.69) is 38.1 Å². The molecule has 4 rings (SSSR count). The summed E-state index contributed by atoms with van der Waals surface area (Å²) in [4.78, 5) is 0. The van der Waals surface area contributed by atoms with Crippen LogP contribution in [-0.2, 0) is 0 Å². The summed E-state index contributed by atoms with van der Waals surface area (Å²) in [5, 5.41) is 0. The van der Waals surface area contributed by atoms with E-state index in [0.717, 1.165) is 11.5 Å². The van der Waals surface area contributed by atoms with Crippen molar-refractivity contribution >= 4 is 0 Å². The average molecular weight is 238 g/mol. The zero-order chi connectivity index (χ0) is 12.3. The van der Waals surface area contributed by atoms with E-state index in [-0.39, 0.29) is 12.2 Å². The molecule has 2 atom stereocenters. The first-order valence-corrected chi connectivity index (χ1v) is 6.27. The van der Waals surface area contributed by atoms with E-state index >= 15 is 0 Å². The Hall–Kier alpha value is -1.96.